The van der Waals surface area contributed by atoms with Gasteiger partial charge in [0.15, 0.2) is 0 Å². The highest BCUT2D eigenvalue weighted by molar-refractivity contribution is 5.81. The second kappa shape index (κ2) is 4.85. The summed E-state index contributed by atoms with van der Waals surface area (Å²) in [4.78, 5) is 24.2. The molecule has 5 aliphatic carbocycles. The lowest BCUT2D eigenvalue weighted by Crippen LogP contribution is -2.50. The van der Waals surface area contributed by atoms with Crippen LogP contribution < -0.4 is 5.32 Å². The Morgan fingerprint density at radius 2 is 1.81 bits per heavy atom. The highest BCUT2D eigenvalue weighted by Crippen LogP contribution is 2.49. The van der Waals surface area contributed by atoms with Gasteiger partial charge in [-0.2, -0.15) is 0 Å². The Hall–Kier alpha value is -1.32. The van der Waals surface area contributed by atoms with E-state index < -0.39 is 5.97 Å². The fourth-order valence-corrected chi connectivity index (χ4v) is 5.36. The molecular formula is C17H23NO3. The normalized spacial score (nSPS) is 46.8. The molecule has 0 heterocycles. The van der Waals surface area contributed by atoms with Gasteiger partial charge in [-0.05, 0) is 62.2 Å². The Bertz CT molecular complexity index is 500. The number of carboxylic acid groups (broad SMARTS) is 1. The SMILES string of the molecule is O=C(O)[C@H]1[C@@H]2CC[C@@H](C2)[C@H]1NC(=O)[C@@H]1C[C@@H]2C=C[C@H]1CC2. The number of carboxylic acids is 1. The molecular weight excluding hydrogens is 266 g/mol. The van der Waals surface area contributed by atoms with Gasteiger partial charge in [0.05, 0.1) is 5.92 Å². The third kappa shape index (κ3) is 2.11. The molecule has 0 aromatic carbocycles. The first-order chi connectivity index (χ1) is 10.1. The summed E-state index contributed by atoms with van der Waals surface area (Å²) in [5.74, 6) is 0.691. The summed E-state index contributed by atoms with van der Waals surface area (Å²) in [5, 5.41) is 12.6. The van der Waals surface area contributed by atoms with E-state index in [1.165, 1.54) is 6.42 Å². The van der Waals surface area contributed by atoms with E-state index in [0.717, 1.165) is 32.1 Å². The zero-order valence-electron chi connectivity index (χ0n) is 12.2. The van der Waals surface area contributed by atoms with Gasteiger partial charge >= 0.3 is 5.97 Å². The predicted molar refractivity (Wildman–Crippen MR) is 77.3 cm³/mol. The van der Waals surface area contributed by atoms with Crippen LogP contribution in [0.3, 0.4) is 0 Å². The standard InChI is InChI=1S/C17H23NO3/c19-16(13-7-9-1-3-10(13)4-2-9)18-15-12-6-5-11(8-12)14(15)17(20)21/h1,3,9-15H,2,4-8H2,(H,18,19)(H,20,21)/t9-,10+,11-,12+,13-,14+,15-/m1/s1. The summed E-state index contributed by atoms with van der Waals surface area (Å²) in [6.07, 6.45) is 10.8. The van der Waals surface area contributed by atoms with Crippen molar-refractivity contribution in [3.05, 3.63) is 12.2 Å². The zero-order valence-corrected chi connectivity index (χ0v) is 12.2. The van der Waals surface area contributed by atoms with Crippen molar-refractivity contribution in [2.24, 2.45) is 35.5 Å². The molecule has 3 fully saturated rings. The van der Waals surface area contributed by atoms with Crippen LogP contribution in [0.25, 0.3) is 0 Å². The molecule has 5 rings (SSSR count). The Morgan fingerprint density at radius 3 is 2.43 bits per heavy atom. The van der Waals surface area contributed by atoms with Crippen LogP contribution in [-0.2, 0) is 9.59 Å². The first kappa shape index (κ1) is 13.4. The minimum Gasteiger partial charge on any atom is -0.481 e. The average molecular weight is 289 g/mol. The maximum absolute atomic E-state index is 12.7. The molecule has 0 unspecified atom stereocenters. The van der Waals surface area contributed by atoms with Crippen LogP contribution in [0.15, 0.2) is 12.2 Å². The van der Waals surface area contributed by atoms with Crippen molar-refractivity contribution in [1.29, 1.82) is 0 Å². The summed E-state index contributed by atoms with van der Waals surface area (Å²) < 4.78 is 0. The van der Waals surface area contributed by atoms with Crippen LogP contribution in [0.1, 0.15) is 38.5 Å². The number of nitrogens with one attached hydrogen (secondary N) is 1. The van der Waals surface area contributed by atoms with Crippen LogP contribution >= 0.6 is 0 Å². The monoisotopic (exact) mass is 289 g/mol. The topological polar surface area (TPSA) is 66.4 Å². The van der Waals surface area contributed by atoms with E-state index in [9.17, 15) is 14.7 Å². The molecule has 0 aliphatic heterocycles. The highest BCUT2D eigenvalue weighted by Gasteiger charge is 2.52. The summed E-state index contributed by atoms with van der Waals surface area (Å²) in [5.41, 5.74) is 0. The third-order valence-corrected chi connectivity index (χ3v) is 6.42. The number of carbonyl (C=O) groups excluding carboxylic acids is 1. The fourth-order valence-electron chi connectivity index (χ4n) is 5.36. The van der Waals surface area contributed by atoms with E-state index >= 15 is 0 Å². The number of rotatable bonds is 3. The Kier molecular flexibility index (Phi) is 3.09. The van der Waals surface area contributed by atoms with Crippen molar-refractivity contribution in [1.82, 2.24) is 5.32 Å². The molecule has 7 atom stereocenters. The van der Waals surface area contributed by atoms with Crippen LogP contribution in [0.4, 0.5) is 0 Å². The van der Waals surface area contributed by atoms with E-state index in [4.69, 9.17) is 0 Å². The number of allylic oxidation sites excluding steroid dienone is 2. The maximum Gasteiger partial charge on any atom is 0.308 e. The average Bonchev–Trinajstić information content (AvgIpc) is 3.09. The number of carbonyl (C=O) groups is 2. The van der Waals surface area contributed by atoms with Crippen molar-refractivity contribution in [2.75, 3.05) is 0 Å². The highest BCUT2D eigenvalue weighted by atomic mass is 16.4. The van der Waals surface area contributed by atoms with Crippen LogP contribution in [0, 0.1) is 35.5 Å². The van der Waals surface area contributed by atoms with Crippen LogP contribution in [0.5, 0.6) is 0 Å². The molecule has 5 aliphatic rings. The second-order valence-electron chi connectivity index (χ2n) is 7.46. The summed E-state index contributed by atoms with van der Waals surface area (Å²) in [6.45, 7) is 0. The molecule has 0 radical (unpaired) electrons. The number of hydrogen-bond acceptors (Lipinski definition) is 2. The van der Waals surface area contributed by atoms with Gasteiger partial charge in [0.25, 0.3) is 0 Å². The minimum absolute atomic E-state index is 0.0716. The molecule has 4 heteroatoms. The van der Waals surface area contributed by atoms with Gasteiger partial charge in [0.2, 0.25) is 5.91 Å². The molecule has 4 nitrogen and oxygen atoms in total. The minimum atomic E-state index is -0.724. The van der Waals surface area contributed by atoms with Gasteiger partial charge in [-0.1, -0.05) is 12.2 Å². The summed E-state index contributed by atoms with van der Waals surface area (Å²) in [6, 6.07) is -0.127. The first-order valence-electron chi connectivity index (χ1n) is 8.35. The number of amides is 1. The van der Waals surface area contributed by atoms with E-state index in [2.05, 4.69) is 17.5 Å². The van der Waals surface area contributed by atoms with E-state index in [1.54, 1.807) is 0 Å². The molecule has 0 aromatic rings. The van der Waals surface area contributed by atoms with E-state index in [1.807, 2.05) is 0 Å². The lowest BCUT2D eigenvalue weighted by molar-refractivity contribution is -0.145. The van der Waals surface area contributed by atoms with Gasteiger partial charge in [-0.3, -0.25) is 9.59 Å². The van der Waals surface area contributed by atoms with Crippen molar-refractivity contribution in [3.63, 3.8) is 0 Å². The number of fused-ring (bicyclic) bond motifs is 4. The zero-order chi connectivity index (χ0) is 14.6. The van der Waals surface area contributed by atoms with E-state index in [-0.39, 0.29) is 29.7 Å². The summed E-state index contributed by atoms with van der Waals surface area (Å²) in [7, 11) is 0. The van der Waals surface area contributed by atoms with Gasteiger partial charge in [0, 0.05) is 12.0 Å². The fraction of sp³-hybridized carbons (Fsp3) is 0.765. The quantitative estimate of drug-likeness (QED) is 0.783. The summed E-state index contributed by atoms with van der Waals surface area (Å²) >= 11 is 0. The Balaban J connectivity index is 1.47. The Labute approximate surface area is 125 Å². The lowest BCUT2D eigenvalue weighted by Gasteiger charge is -2.38. The number of hydrogen-bond donors (Lipinski definition) is 2. The second-order valence-corrected chi connectivity index (χ2v) is 7.46. The third-order valence-electron chi connectivity index (χ3n) is 6.42. The largest absolute Gasteiger partial charge is 0.481 e. The van der Waals surface area contributed by atoms with Gasteiger partial charge < -0.3 is 10.4 Å². The van der Waals surface area contributed by atoms with Crippen molar-refractivity contribution in [2.45, 2.75) is 44.6 Å². The van der Waals surface area contributed by atoms with Crippen LogP contribution in [0.2, 0.25) is 0 Å². The van der Waals surface area contributed by atoms with E-state index in [0.29, 0.717) is 17.8 Å². The van der Waals surface area contributed by atoms with Gasteiger partial charge in [0.1, 0.15) is 0 Å². The predicted octanol–water partition coefficient (Wildman–Crippen LogP) is 2.20. The molecule has 1 amide bonds. The lowest BCUT2D eigenvalue weighted by atomic mass is 9.68. The molecule has 0 saturated heterocycles. The Morgan fingerprint density at radius 1 is 1.00 bits per heavy atom. The van der Waals surface area contributed by atoms with Gasteiger partial charge in [-0.25, -0.2) is 0 Å². The smallest absolute Gasteiger partial charge is 0.308 e. The van der Waals surface area contributed by atoms with Crippen molar-refractivity contribution in [3.8, 4) is 0 Å². The van der Waals surface area contributed by atoms with Crippen molar-refractivity contribution < 1.29 is 14.7 Å². The maximum atomic E-state index is 12.7. The van der Waals surface area contributed by atoms with Crippen LogP contribution in [-0.4, -0.2) is 23.0 Å². The van der Waals surface area contributed by atoms with Gasteiger partial charge in [-0.15, -0.1) is 0 Å². The molecule has 0 spiro atoms. The molecule has 2 N–H and O–H groups in total. The molecule has 4 bridgehead atoms. The number of aliphatic carboxylic acids is 1. The first-order valence-corrected chi connectivity index (χ1v) is 8.35. The molecule has 3 saturated carbocycles. The molecule has 0 aromatic heterocycles. The van der Waals surface area contributed by atoms with Crippen molar-refractivity contribution >= 4 is 11.9 Å². The molecule has 114 valence electrons. The molecule has 21 heavy (non-hydrogen) atoms.